The van der Waals surface area contributed by atoms with Crippen LogP contribution in [0.25, 0.3) is 0 Å². The first-order valence-corrected chi connectivity index (χ1v) is 12.2. The van der Waals surface area contributed by atoms with Crippen LogP contribution in [0.5, 0.6) is 0 Å². The quantitative estimate of drug-likeness (QED) is 0.414. The van der Waals surface area contributed by atoms with Gasteiger partial charge in [0.2, 0.25) is 15.9 Å². The molecule has 2 aromatic carbocycles. The van der Waals surface area contributed by atoms with Gasteiger partial charge in [-0.2, -0.15) is 0 Å². The molecule has 8 heteroatoms. The Morgan fingerprint density at radius 1 is 1.00 bits per heavy atom. The molecule has 0 heterocycles. The topological polar surface area (TPSA) is 92.8 Å². The predicted octanol–water partition coefficient (Wildman–Crippen LogP) is 4.14. The number of amides is 1. The van der Waals surface area contributed by atoms with Crippen LogP contribution >= 0.6 is 0 Å². The average Bonchev–Trinajstić information content (AvgIpc) is 2.72. The van der Waals surface area contributed by atoms with Crippen molar-refractivity contribution in [2.24, 2.45) is 0 Å². The Morgan fingerprint density at radius 2 is 1.65 bits per heavy atom. The highest BCUT2D eigenvalue weighted by Gasteiger charge is 2.17. The number of rotatable bonds is 11. The SMILES string of the molecule is CCCCOC(=O)c1ccc(NC(=O)CCCN(c2ccc(C)cc2)S(C)(=O)=O)cc1. The van der Waals surface area contributed by atoms with Gasteiger partial charge in [-0.25, -0.2) is 13.2 Å². The lowest BCUT2D eigenvalue weighted by atomic mass is 10.2. The summed E-state index contributed by atoms with van der Waals surface area (Å²) < 4.78 is 30.7. The van der Waals surface area contributed by atoms with Crippen LogP contribution in [0.3, 0.4) is 0 Å². The lowest BCUT2D eigenvalue weighted by Gasteiger charge is -2.22. The van der Waals surface area contributed by atoms with Crippen LogP contribution in [-0.2, 0) is 19.6 Å². The van der Waals surface area contributed by atoms with E-state index >= 15 is 0 Å². The second-order valence-electron chi connectivity index (χ2n) is 7.39. The Labute approximate surface area is 184 Å². The van der Waals surface area contributed by atoms with Gasteiger partial charge in [0.05, 0.1) is 24.1 Å². The molecule has 0 aliphatic rings. The molecule has 1 amide bonds. The van der Waals surface area contributed by atoms with E-state index in [0.29, 0.717) is 30.0 Å². The van der Waals surface area contributed by atoms with Crippen molar-refractivity contribution in [1.82, 2.24) is 0 Å². The van der Waals surface area contributed by atoms with Crippen LogP contribution in [-0.4, -0.2) is 39.7 Å². The molecule has 31 heavy (non-hydrogen) atoms. The first-order chi connectivity index (χ1) is 14.7. The highest BCUT2D eigenvalue weighted by atomic mass is 32.2. The van der Waals surface area contributed by atoms with E-state index in [4.69, 9.17) is 4.74 Å². The summed E-state index contributed by atoms with van der Waals surface area (Å²) in [6.45, 7) is 4.55. The molecule has 0 aliphatic carbocycles. The number of carbonyl (C=O) groups is 2. The first-order valence-electron chi connectivity index (χ1n) is 10.3. The fraction of sp³-hybridized carbons (Fsp3) is 0.391. The molecule has 2 aromatic rings. The van der Waals surface area contributed by atoms with E-state index < -0.39 is 10.0 Å². The summed E-state index contributed by atoms with van der Waals surface area (Å²) in [6.07, 6.45) is 3.46. The Hall–Kier alpha value is -2.87. The third kappa shape index (κ3) is 8.05. The maximum Gasteiger partial charge on any atom is 0.338 e. The smallest absolute Gasteiger partial charge is 0.338 e. The zero-order valence-corrected chi connectivity index (χ0v) is 19.1. The maximum absolute atomic E-state index is 12.2. The van der Waals surface area contributed by atoms with Crippen molar-refractivity contribution >= 4 is 33.3 Å². The number of hydrogen-bond donors (Lipinski definition) is 1. The molecule has 0 saturated heterocycles. The average molecular weight is 447 g/mol. The lowest BCUT2D eigenvalue weighted by molar-refractivity contribution is -0.116. The zero-order valence-electron chi connectivity index (χ0n) is 18.3. The molecule has 0 aliphatic heterocycles. The summed E-state index contributed by atoms with van der Waals surface area (Å²) in [5, 5.41) is 2.76. The first kappa shape index (κ1) is 24.4. The van der Waals surface area contributed by atoms with Gasteiger partial charge >= 0.3 is 5.97 Å². The second-order valence-corrected chi connectivity index (χ2v) is 9.30. The number of nitrogens with one attached hydrogen (secondary N) is 1. The number of nitrogens with zero attached hydrogens (tertiary/aromatic N) is 1. The van der Waals surface area contributed by atoms with E-state index in [0.717, 1.165) is 24.7 Å². The molecule has 7 nitrogen and oxygen atoms in total. The van der Waals surface area contributed by atoms with Crippen LogP contribution in [0.1, 0.15) is 48.5 Å². The van der Waals surface area contributed by atoms with Gasteiger partial charge in [-0.15, -0.1) is 0 Å². The van der Waals surface area contributed by atoms with Crippen LogP contribution in [0.15, 0.2) is 48.5 Å². The molecule has 0 atom stereocenters. The molecule has 0 radical (unpaired) electrons. The van der Waals surface area contributed by atoms with Crippen LogP contribution < -0.4 is 9.62 Å². The van der Waals surface area contributed by atoms with Crippen molar-refractivity contribution in [2.45, 2.75) is 39.5 Å². The van der Waals surface area contributed by atoms with E-state index in [1.807, 2.05) is 26.0 Å². The van der Waals surface area contributed by atoms with Crippen molar-refractivity contribution in [3.8, 4) is 0 Å². The van der Waals surface area contributed by atoms with Crippen molar-refractivity contribution in [3.05, 3.63) is 59.7 Å². The second kappa shape index (κ2) is 11.5. The van der Waals surface area contributed by atoms with Gasteiger partial charge < -0.3 is 10.1 Å². The maximum atomic E-state index is 12.2. The Bertz CT molecular complexity index is 970. The van der Waals surface area contributed by atoms with Crippen LogP contribution in [0.4, 0.5) is 11.4 Å². The highest BCUT2D eigenvalue weighted by molar-refractivity contribution is 7.92. The van der Waals surface area contributed by atoms with Gasteiger partial charge in [-0.1, -0.05) is 31.0 Å². The number of carbonyl (C=O) groups excluding carboxylic acids is 2. The van der Waals surface area contributed by atoms with Gasteiger partial charge in [0.1, 0.15) is 0 Å². The minimum atomic E-state index is -3.45. The molecule has 2 rings (SSSR count). The summed E-state index contributed by atoms with van der Waals surface area (Å²) in [6, 6.07) is 13.7. The third-order valence-electron chi connectivity index (χ3n) is 4.62. The fourth-order valence-electron chi connectivity index (χ4n) is 2.89. The number of sulfonamides is 1. The molecular formula is C23H30N2O5S. The van der Waals surface area contributed by atoms with Gasteiger partial charge in [0.15, 0.2) is 0 Å². The number of aryl methyl sites for hydroxylation is 1. The Morgan fingerprint density at radius 3 is 2.23 bits per heavy atom. The summed E-state index contributed by atoms with van der Waals surface area (Å²) in [5.74, 6) is -0.612. The zero-order chi connectivity index (χ0) is 22.9. The van der Waals surface area contributed by atoms with Gasteiger partial charge in [-0.05, 0) is 56.2 Å². The number of benzene rings is 2. The van der Waals surface area contributed by atoms with E-state index in [1.165, 1.54) is 4.31 Å². The number of anilines is 2. The van der Waals surface area contributed by atoms with E-state index in [9.17, 15) is 18.0 Å². The summed E-state index contributed by atoms with van der Waals surface area (Å²) in [5.41, 5.74) is 2.61. The molecule has 0 saturated carbocycles. The molecule has 0 bridgehead atoms. The molecule has 0 spiro atoms. The molecule has 1 N–H and O–H groups in total. The van der Waals surface area contributed by atoms with Crippen molar-refractivity contribution in [3.63, 3.8) is 0 Å². The number of hydrogen-bond acceptors (Lipinski definition) is 5. The van der Waals surface area contributed by atoms with Crippen molar-refractivity contribution in [2.75, 3.05) is 29.0 Å². The van der Waals surface area contributed by atoms with Gasteiger partial charge in [0.25, 0.3) is 0 Å². The van der Waals surface area contributed by atoms with E-state index in [1.54, 1.807) is 36.4 Å². The van der Waals surface area contributed by atoms with Gasteiger partial charge in [0, 0.05) is 18.7 Å². The largest absolute Gasteiger partial charge is 0.462 e. The minimum absolute atomic E-state index is 0.165. The van der Waals surface area contributed by atoms with Crippen LogP contribution in [0, 0.1) is 6.92 Å². The van der Waals surface area contributed by atoms with Gasteiger partial charge in [-0.3, -0.25) is 9.10 Å². The monoisotopic (exact) mass is 446 g/mol. The predicted molar refractivity (Wildman–Crippen MR) is 123 cm³/mol. The summed E-state index contributed by atoms with van der Waals surface area (Å²) >= 11 is 0. The molecule has 0 unspecified atom stereocenters. The summed E-state index contributed by atoms with van der Waals surface area (Å²) in [4.78, 5) is 24.2. The van der Waals surface area contributed by atoms with Crippen LogP contribution in [0.2, 0.25) is 0 Å². The fourth-order valence-corrected chi connectivity index (χ4v) is 3.85. The highest BCUT2D eigenvalue weighted by Crippen LogP contribution is 2.19. The Kier molecular flexibility index (Phi) is 9.05. The number of unbranched alkanes of at least 4 members (excludes halogenated alkanes) is 1. The normalized spacial score (nSPS) is 11.1. The van der Waals surface area contributed by atoms with E-state index in [-0.39, 0.29) is 24.8 Å². The molecule has 0 fully saturated rings. The minimum Gasteiger partial charge on any atom is -0.462 e. The number of ether oxygens (including phenoxy) is 1. The lowest BCUT2D eigenvalue weighted by Crippen LogP contribution is -2.31. The van der Waals surface area contributed by atoms with Crippen molar-refractivity contribution < 1.29 is 22.7 Å². The molecule has 0 aromatic heterocycles. The standard InChI is InChI=1S/C23H30N2O5S/c1-4-5-17-30-23(27)19-10-12-20(13-11-19)24-22(26)7-6-16-25(31(3,28)29)21-14-8-18(2)9-15-21/h8-15H,4-7,16-17H2,1-3H3,(H,24,26). The molecular weight excluding hydrogens is 416 g/mol. The summed E-state index contributed by atoms with van der Waals surface area (Å²) in [7, 11) is -3.45. The van der Waals surface area contributed by atoms with Crippen molar-refractivity contribution in [1.29, 1.82) is 0 Å². The Balaban J connectivity index is 1.86. The number of esters is 1. The van der Waals surface area contributed by atoms with E-state index in [2.05, 4.69) is 5.32 Å². The molecule has 168 valence electrons. The third-order valence-corrected chi connectivity index (χ3v) is 5.82.